The molecule has 208 valence electrons. The lowest BCUT2D eigenvalue weighted by atomic mass is 10.3. The summed E-state index contributed by atoms with van der Waals surface area (Å²) in [7, 11) is -7.98. The quantitative estimate of drug-likeness (QED) is 0.239. The van der Waals surface area contributed by atoms with E-state index < -0.39 is 32.5 Å². The van der Waals surface area contributed by atoms with Crippen molar-refractivity contribution < 1.29 is 26.4 Å². The number of halogens is 1. The molecule has 0 aliphatic carbocycles. The number of anilines is 3. The van der Waals surface area contributed by atoms with Crippen LogP contribution in [0.4, 0.5) is 17.1 Å². The number of sulfonamides is 2. The van der Waals surface area contributed by atoms with Gasteiger partial charge in [-0.1, -0.05) is 29.8 Å². The Morgan fingerprint density at radius 1 is 0.775 bits per heavy atom. The normalized spacial score (nSPS) is 11.4. The van der Waals surface area contributed by atoms with Crippen molar-refractivity contribution in [1.29, 1.82) is 0 Å². The van der Waals surface area contributed by atoms with Crippen LogP contribution in [-0.2, 0) is 24.8 Å². The second-order valence-corrected chi connectivity index (χ2v) is 12.4. The van der Waals surface area contributed by atoms with Gasteiger partial charge in [0.2, 0.25) is 5.91 Å². The van der Waals surface area contributed by atoms with Gasteiger partial charge in [-0.05, 0) is 91.9 Å². The van der Waals surface area contributed by atoms with E-state index in [1.165, 1.54) is 48.5 Å². The summed E-state index contributed by atoms with van der Waals surface area (Å²) in [5, 5.41) is 3.11. The predicted molar refractivity (Wildman–Crippen MR) is 156 cm³/mol. The molecule has 0 spiro atoms. The van der Waals surface area contributed by atoms with Crippen molar-refractivity contribution in [3.05, 3.63) is 108 Å². The lowest BCUT2D eigenvalue weighted by Gasteiger charge is -2.24. The largest absolute Gasteiger partial charge is 0.494 e. The molecule has 0 saturated carbocycles. The summed E-state index contributed by atoms with van der Waals surface area (Å²) in [5.74, 6) is -0.0587. The Morgan fingerprint density at radius 3 is 1.98 bits per heavy atom. The van der Waals surface area contributed by atoms with Crippen LogP contribution < -0.4 is 19.1 Å². The molecule has 4 aromatic rings. The fourth-order valence-corrected chi connectivity index (χ4v) is 6.32. The summed E-state index contributed by atoms with van der Waals surface area (Å²) in [6.45, 7) is 1.76. The average Bonchev–Trinajstić information content (AvgIpc) is 2.94. The molecule has 9 nitrogen and oxygen atoms in total. The number of ether oxygens (including phenoxy) is 1. The molecule has 0 aliphatic heterocycles. The zero-order valence-electron chi connectivity index (χ0n) is 21.3. The molecule has 40 heavy (non-hydrogen) atoms. The van der Waals surface area contributed by atoms with E-state index in [1.807, 2.05) is 6.92 Å². The number of hydrogen-bond donors (Lipinski definition) is 2. The molecule has 4 rings (SSSR count). The smallest absolute Gasteiger partial charge is 0.264 e. The molecule has 12 heteroatoms. The second kappa shape index (κ2) is 12.4. The van der Waals surface area contributed by atoms with Crippen LogP contribution >= 0.6 is 11.6 Å². The molecule has 0 radical (unpaired) electrons. The molecule has 4 aromatic carbocycles. The minimum Gasteiger partial charge on any atom is -0.494 e. The fraction of sp³-hybridized carbons (Fsp3) is 0.107. The van der Waals surface area contributed by atoms with Gasteiger partial charge in [0.1, 0.15) is 12.3 Å². The molecular weight excluding hydrogens is 574 g/mol. The van der Waals surface area contributed by atoms with Gasteiger partial charge in [-0.2, -0.15) is 0 Å². The van der Waals surface area contributed by atoms with Crippen LogP contribution in [0.1, 0.15) is 6.92 Å². The molecule has 2 N–H and O–H groups in total. The van der Waals surface area contributed by atoms with E-state index in [2.05, 4.69) is 10.0 Å². The van der Waals surface area contributed by atoms with Gasteiger partial charge in [-0.15, -0.1) is 0 Å². The monoisotopic (exact) mass is 599 g/mol. The highest BCUT2D eigenvalue weighted by atomic mass is 35.5. The Kier molecular flexibility index (Phi) is 8.98. The third-order valence-corrected chi connectivity index (χ3v) is 9.04. The highest BCUT2D eigenvalue weighted by Gasteiger charge is 2.27. The minimum atomic E-state index is -4.09. The first-order chi connectivity index (χ1) is 19.1. The van der Waals surface area contributed by atoms with Gasteiger partial charge in [0.25, 0.3) is 20.0 Å². The molecule has 0 unspecified atom stereocenters. The Morgan fingerprint density at radius 2 is 1.38 bits per heavy atom. The fourth-order valence-electron chi connectivity index (χ4n) is 3.69. The summed E-state index contributed by atoms with van der Waals surface area (Å²) in [4.78, 5) is 13.0. The number of amides is 1. The van der Waals surface area contributed by atoms with Crippen LogP contribution in [0.3, 0.4) is 0 Å². The SMILES string of the molecule is CCOc1ccc(N(CC(=O)Nc2ccc(S(=O)(=O)Nc3ccc(Cl)cc3)cc2)S(=O)(=O)c2ccccc2)cc1. The highest BCUT2D eigenvalue weighted by molar-refractivity contribution is 7.93. The van der Waals surface area contributed by atoms with Crippen LogP contribution in [0.15, 0.2) is 113 Å². The van der Waals surface area contributed by atoms with E-state index in [9.17, 15) is 21.6 Å². The lowest BCUT2D eigenvalue weighted by Crippen LogP contribution is -2.38. The number of rotatable bonds is 11. The van der Waals surface area contributed by atoms with Gasteiger partial charge in [0, 0.05) is 16.4 Å². The number of carbonyl (C=O) groups excluding carboxylic acids is 1. The van der Waals surface area contributed by atoms with Crippen molar-refractivity contribution in [2.45, 2.75) is 16.7 Å². The maximum absolute atomic E-state index is 13.5. The van der Waals surface area contributed by atoms with Gasteiger partial charge in [-0.25, -0.2) is 16.8 Å². The molecule has 0 atom stereocenters. The molecule has 0 saturated heterocycles. The lowest BCUT2D eigenvalue weighted by molar-refractivity contribution is -0.114. The van der Waals surface area contributed by atoms with Crippen molar-refractivity contribution in [1.82, 2.24) is 0 Å². The van der Waals surface area contributed by atoms with Crippen molar-refractivity contribution >= 4 is 54.6 Å². The molecular formula is C28H26ClN3O6S2. The minimum absolute atomic E-state index is 0.0249. The van der Waals surface area contributed by atoms with Gasteiger partial charge < -0.3 is 10.1 Å². The van der Waals surface area contributed by atoms with E-state index in [4.69, 9.17) is 16.3 Å². The van der Waals surface area contributed by atoms with E-state index in [0.29, 0.717) is 28.8 Å². The average molecular weight is 600 g/mol. The first kappa shape index (κ1) is 28.9. The van der Waals surface area contributed by atoms with Crippen molar-refractivity contribution in [3.8, 4) is 5.75 Å². The molecule has 0 aliphatic rings. The van der Waals surface area contributed by atoms with E-state index >= 15 is 0 Å². The number of nitrogens with zero attached hydrogens (tertiary/aromatic N) is 1. The van der Waals surface area contributed by atoms with Crippen LogP contribution in [0.2, 0.25) is 5.02 Å². The maximum atomic E-state index is 13.5. The third-order valence-electron chi connectivity index (χ3n) is 5.60. The van der Waals surface area contributed by atoms with E-state index in [1.54, 1.807) is 54.6 Å². The van der Waals surface area contributed by atoms with Gasteiger partial charge in [-0.3, -0.25) is 13.8 Å². The summed E-state index contributed by atoms with van der Waals surface area (Å²) in [6.07, 6.45) is 0. The topological polar surface area (TPSA) is 122 Å². The van der Waals surface area contributed by atoms with Crippen LogP contribution in [0, 0.1) is 0 Å². The standard InChI is InChI=1S/C28H26ClN3O6S2/c1-2-38-25-16-14-24(15-17-25)32(40(36,37)27-6-4-3-5-7-27)20-28(33)30-22-12-18-26(19-13-22)39(34,35)31-23-10-8-21(29)9-11-23/h3-19,31H,2,20H2,1H3,(H,30,33). The van der Waals surface area contributed by atoms with Crippen molar-refractivity contribution in [3.63, 3.8) is 0 Å². The molecule has 0 aromatic heterocycles. The van der Waals surface area contributed by atoms with Gasteiger partial charge in [0.05, 0.1) is 22.1 Å². The first-order valence-electron chi connectivity index (χ1n) is 12.1. The molecule has 0 heterocycles. The zero-order chi connectivity index (χ0) is 28.8. The Bertz CT molecular complexity index is 1660. The third kappa shape index (κ3) is 7.12. The predicted octanol–water partition coefficient (Wildman–Crippen LogP) is 5.37. The van der Waals surface area contributed by atoms with E-state index in [0.717, 1.165) is 4.31 Å². The van der Waals surface area contributed by atoms with Crippen LogP contribution in [-0.4, -0.2) is 35.9 Å². The van der Waals surface area contributed by atoms with E-state index in [-0.39, 0.29) is 15.5 Å². The Hall–Kier alpha value is -4.06. The number of nitrogens with one attached hydrogen (secondary N) is 2. The number of benzene rings is 4. The Labute approximate surface area is 238 Å². The molecule has 1 amide bonds. The highest BCUT2D eigenvalue weighted by Crippen LogP contribution is 2.26. The summed E-state index contributed by atoms with van der Waals surface area (Å²) in [5.41, 5.74) is 0.909. The molecule has 0 bridgehead atoms. The maximum Gasteiger partial charge on any atom is 0.264 e. The first-order valence-corrected chi connectivity index (χ1v) is 15.4. The van der Waals surface area contributed by atoms with Crippen molar-refractivity contribution in [2.24, 2.45) is 0 Å². The summed E-state index contributed by atoms with van der Waals surface area (Å²) < 4.78 is 61.3. The summed E-state index contributed by atoms with van der Waals surface area (Å²) in [6, 6.07) is 25.9. The van der Waals surface area contributed by atoms with Crippen LogP contribution in [0.5, 0.6) is 5.75 Å². The Balaban J connectivity index is 1.52. The van der Waals surface area contributed by atoms with Crippen molar-refractivity contribution in [2.75, 3.05) is 27.5 Å². The second-order valence-electron chi connectivity index (χ2n) is 8.44. The number of carbonyl (C=O) groups is 1. The van der Waals surface area contributed by atoms with Gasteiger partial charge >= 0.3 is 0 Å². The van der Waals surface area contributed by atoms with Crippen LogP contribution in [0.25, 0.3) is 0 Å². The molecule has 0 fully saturated rings. The summed E-state index contributed by atoms with van der Waals surface area (Å²) >= 11 is 5.85. The van der Waals surface area contributed by atoms with Gasteiger partial charge in [0.15, 0.2) is 0 Å². The zero-order valence-corrected chi connectivity index (χ0v) is 23.7. The number of hydrogen-bond acceptors (Lipinski definition) is 6.